The minimum Gasteiger partial charge on any atom is -0.507 e. The number of rotatable bonds is 9. The molecule has 0 saturated heterocycles. The zero-order valence-corrected chi connectivity index (χ0v) is 22.7. The van der Waals surface area contributed by atoms with Crippen LogP contribution < -0.4 is 24.4 Å². The summed E-state index contributed by atoms with van der Waals surface area (Å²) in [7, 11) is 1.26. The van der Waals surface area contributed by atoms with Crippen molar-refractivity contribution in [2.24, 2.45) is 4.99 Å². The predicted molar refractivity (Wildman–Crippen MR) is 144 cm³/mol. The van der Waals surface area contributed by atoms with Crippen molar-refractivity contribution in [3.05, 3.63) is 84.5 Å². The number of aromatic nitrogens is 1. The molecule has 1 atom stereocenters. The highest BCUT2D eigenvalue weighted by atomic mass is 32.1. The van der Waals surface area contributed by atoms with Crippen molar-refractivity contribution in [1.82, 2.24) is 4.57 Å². The fraction of sp³-hybridized carbons (Fsp3) is 0.286. The van der Waals surface area contributed by atoms with Gasteiger partial charge in [-0.1, -0.05) is 35.6 Å². The highest BCUT2D eigenvalue weighted by Crippen LogP contribution is 2.36. The number of allylic oxidation sites excluding steroid dienone is 1. The first-order chi connectivity index (χ1) is 18.8. The first kappa shape index (κ1) is 27.6. The molecular formula is C28H28N2O8S. The third-order valence-corrected chi connectivity index (χ3v) is 6.88. The molecule has 2 aromatic carbocycles. The molecule has 0 amide bonds. The van der Waals surface area contributed by atoms with Crippen LogP contribution in [-0.2, 0) is 19.1 Å². The smallest absolute Gasteiger partial charge is 0.343 e. The number of aromatic hydroxyl groups is 1. The highest BCUT2D eigenvalue weighted by Gasteiger charge is 2.34. The fourth-order valence-electron chi connectivity index (χ4n) is 4.14. The quantitative estimate of drug-likeness (QED) is 0.402. The Hall–Kier alpha value is -4.38. The summed E-state index contributed by atoms with van der Waals surface area (Å²) in [4.78, 5) is 43.4. The minimum atomic E-state index is -0.874. The third-order valence-electron chi connectivity index (χ3n) is 5.90. The van der Waals surface area contributed by atoms with E-state index >= 15 is 0 Å². The molecule has 10 nitrogen and oxygen atoms in total. The van der Waals surface area contributed by atoms with Gasteiger partial charge in [0.15, 0.2) is 22.9 Å². The fourth-order valence-corrected chi connectivity index (χ4v) is 5.17. The summed E-state index contributed by atoms with van der Waals surface area (Å²) in [6, 6.07) is 10.8. The van der Waals surface area contributed by atoms with Gasteiger partial charge in [0.05, 0.1) is 42.2 Å². The molecule has 39 heavy (non-hydrogen) atoms. The van der Waals surface area contributed by atoms with Crippen molar-refractivity contribution < 1.29 is 33.6 Å². The molecular weight excluding hydrogens is 524 g/mol. The lowest BCUT2D eigenvalue weighted by molar-refractivity contribution is -0.143. The van der Waals surface area contributed by atoms with E-state index in [1.807, 2.05) is 0 Å². The lowest BCUT2D eigenvalue weighted by Gasteiger charge is -2.25. The lowest BCUT2D eigenvalue weighted by atomic mass is 9.95. The number of nitrogens with zero attached hydrogens (tertiary/aromatic N) is 2. The van der Waals surface area contributed by atoms with E-state index in [4.69, 9.17) is 14.2 Å². The number of ether oxygens (including phenoxy) is 4. The van der Waals surface area contributed by atoms with Crippen LogP contribution in [0.15, 0.2) is 63.5 Å². The van der Waals surface area contributed by atoms with Crippen LogP contribution in [0.3, 0.4) is 0 Å². The molecule has 0 bridgehead atoms. The van der Waals surface area contributed by atoms with E-state index in [9.17, 15) is 19.5 Å². The Balaban J connectivity index is 1.91. The number of fused-ring (bicyclic) bond motifs is 1. The van der Waals surface area contributed by atoms with Gasteiger partial charge in [0, 0.05) is 5.56 Å². The van der Waals surface area contributed by atoms with Crippen molar-refractivity contribution in [1.29, 1.82) is 0 Å². The number of carbonyl (C=O) groups excluding carboxylic acids is 2. The van der Waals surface area contributed by atoms with Gasteiger partial charge in [-0.3, -0.25) is 9.36 Å². The second kappa shape index (κ2) is 12.0. The largest absolute Gasteiger partial charge is 0.507 e. The van der Waals surface area contributed by atoms with Crippen molar-refractivity contribution in [2.75, 3.05) is 26.9 Å². The SMILES string of the molecule is CCOC(=O)C1=C(C)N=c2s/c(=C\c3ccccc3O)c(=O)n2[C@@H]1c1ccc(OCC(=O)OC)c(OCC)c1. The van der Waals surface area contributed by atoms with Crippen molar-refractivity contribution in [2.45, 2.75) is 26.8 Å². The van der Waals surface area contributed by atoms with E-state index in [-0.39, 0.29) is 30.1 Å². The second-order valence-electron chi connectivity index (χ2n) is 8.37. The van der Waals surface area contributed by atoms with Crippen LogP contribution in [0, 0.1) is 0 Å². The molecule has 1 N–H and O–H groups in total. The lowest BCUT2D eigenvalue weighted by Crippen LogP contribution is -2.40. The van der Waals surface area contributed by atoms with Crippen molar-refractivity contribution in [3.8, 4) is 17.2 Å². The molecule has 0 aliphatic carbocycles. The topological polar surface area (TPSA) is 126 Å². The van der Waals surface area contributed by atoms with E-state index in [2.05, 4.69) is 9.73 Å². The molecule has 0 radical (unpaired) electrons. The first-order valence-electron chi connectivity index (χ1n) is 12.2. The Labute approximate surface area is 228 Å². The Bertz CT molecular complexity index is 1620. The molecule has 2 heterocycles. The first-order valence-corrected chi connectivity index (χ1v) is 13.0. The molecule has 0 unspecified atom stereocenters. The number of hydrogen-bond donors (Lipinski definition) is 1. The van der Waals surface area contributed by atoms with E-state index in [1.165, 1.54) is 17.7 Å². The molecule has 11 heteroatoms. The van der Waals surface area contributed by atoms with E-state index in [1.54, 1.807) is 63.2 Å². The highest BCUT2D eigenvalue weighted by molar-refractivity contribution is 7.07. The molecule has 3 aromatic rings. The number of hydrogen-bond acceptors (Lipinski definition) is 10. The Morgan fingerprint density at radius 2 is 1.87 bits per heavy atom. The van der Waals surface area contributed by atoms with Gasteiger partial charge in [-0.2, -0.15) is 0 Å². The van der Waals surface area contributed by atoms with Crippen LogP contribution in [0.4, 0.5) is 0 Å². The molecule has 1 aliphatic heterocycles. The maximum atomic E-state index is 13.8. The number of methoxy groups -OCH3 is 1. The van der Waals surface area contributed by atoms with Gasteiger partial charge in [-0.05, 0) is 50.6 Å². The van der Waals surface area contributed by atoms with Gasteiger partial charge < -0.3 is 24.1 Å². The summed E-state index contributed by atoms with van der Waals surface area (Å²) in [6.07, 6.45) is 1.59. The average molecular weight is 553 g/mol. The number of para-hydroxylation sites is 1. The number of phenolic OH excluding ortho intramolecular Hbond substituents is 1. The van der Waals surface area contributed by atoms with Crippen LogP contribution in [0.5, 0.6) is 17.2 Å². The van der Waals surface area contributed by atoms with Crippen LogP contribution >= 0.6 is 11.3 Å². The summed E-state index contributed by atoms with van der Waals surface area (Å²) in [6.45, 7) is 5.32. The molecule has 0 spiro atoms. The van der Waals surface area contributed by atoms with Gasteiger partial charge in [0.2, 0.25) is 0 Å². The summed E-state index contributed by atoms with van der Waals surface area (Å²) in [5, 5.41) is 10.2. The minimum absolute atomic E-state index is 0.0344. The maximum Gasteiger partial charge on any atom is 0.343 e. The summed E-state index contributed by atoms with van der Waals surface area (Å²) >= 11 is 1.15. The zero-order valence-electron chi connectivity index (χ0n) is 21.9. The summed E-state index contributed by atoms with van der Waals surface area (Å²) < 4.78 is 23.1. The Morgan fingerprint density at radius 1 is 1.10 bits per heavy atom. The van der Waals surface area contributed by atoms with Crippen LogP contribution in [0.2, 0.25) is 0 Å². The molecule has 4 rings (SSSR count). The maximum absolute atomic E-state index is 13.8. The Kier molecular flexibility index (Phi) is 8.50. The van der Waals surface area contributed by atoms with E-state index in [0.717, 1.165) is 11.3 Å². The van der Waals surface area contributed by atoms with Gasteiger partial charge in [-0.25, -0.2) is 14.6 Å². The normalized spacial score (nSPS) is 14.9. The van der Waals surface area contributed by atoms with Gasteiger partial charge in [-0.15, -0.1) is 0 Å². The number of esters is 2. The van der Waals surface area contributed by atoms with Crippen LogP contribution in [0.1, 0.15) is 37.9 Å². The number of carbonyl (C=O) groups is 2. The van der Waals surface area contributed by atoms with E-state index < -0.39 is 18.0 Å². The summed E-state index contributed by atoms with van der Waals surface area (Å²) in [5.41, 5.74) is 1.27. The second-order valence-corrected chi connectivity index (χ2v) is 9.37. The molecule has 1 aromatic heterocycles. The Morgan fingerprint density at radius 3 is 2.56 bits per heavy atom. The third kappa shape index (κ3) is 5.73. The number of thiazole rings is 1. The van der Waals surface area contributed by atoms with Crippen molar-refractivity contribution >= 4 is 29.4 Å². The molecule has 204 valence electrons. The van der Waals surface area contributed by atoms with Crippen molar-refractivity contribution in [3.63, 3.8) is 0 Å². The van der Waals surface area contributed by atoms with Crippen LogP contribution in [-0.4, -0.2) is 48.5 Å². The van der Waals surface area contributed by atoms with Crippen LogP contribution in [0.25, 0.3) is 6.08 Å². The monoisotopic (exact) mass is 552 g/mol. The standard InChI is InChI=1S/C28H28N2O8S/c1-5-36-21-13-18(11-12-20(21)38-15-23(32)35-4)25-24(27(34)37-6-2)16(3)29-28-30(25)26(33)22(39-28)14-17-9-7-8-10-19(17)31/h7-14,25,31H,5-6,15H2,1-4H3/b22-14-/t25-/m1/s1. The average Bonchev–Trinajstić information content (AvgIpc) is 3.22. The molecule has 0 saturated carbocycles. The number of benzene rings is 2. The van der Waals surface area contributed by atoms with E-state index in [0.29, 0.717) is 44.3 Å². The number of phenols is 1. The predicted octanol–water partition coefficient (Wildman–Crippen LogP) is 2.45. The van der Waals surface area contributed by atoms with Gasteiger partial charge in [0.25, 0.3) is 5.56 Å². The zero-order chi connectivity index (χ0) is 28.1. The molecule has 1 aliphatic rings. The van der Waals surface area contributed by atoms with Gasteiger partial charge in [0.1, 0.15) is 5.75 Å². The summed E-state index contributed by atoms with van der Waals surface area (Å²) in [5.74, 6) is -0.486. The van der Waals surface area contributed by atoms with Gasteiger partial charge >= 0.3 is 11.9 Å². The molecule has 0 fully saturated rings.